The summed E-state index contributed by atoms with van der Waals surface area (Å²) in [5, 5.41) is 11.5. The molecule has 0 spiro atoms. The molecule has 0 aliphatic heterocycles. The third-order valence-electron chi connectivity index (χ3n) is 3.04. The summed E-state index contributed by atoms with van der Waals surface area (Å²) in [5.41, 5.74) is 1.93. The maximum Gasteiger partial charge on any atom is 0.261 e. The van der Waals surface area contributed by atoms with Crippen LogP contribution in [0.15, 0.2) is 27.6 Å². The molecule has 1 aromatic heterocycles. The van der Waals surface area contributed by atoms with Gasteiger partial charge in [-0.1, -0.05) is 5.16 Å². The van der Waals surface area contributed by atoms with Crippen molar-refractivity contribution in [2.24, 2.45) is 5.14 Å². The lowest BCUT2D eigenvalue weighted by Gasteiger charge is -2.09. The number of anilines is 1. The summed E-state index contributed by atoms with van der Waals surface area (Å²) in [6.07, 6.45) is 0. The van der Waals surface area contributed by atoms with E-state index in [0.29, 0.717) is 28.3 Å². The van der Waals surface area contributed by atoms with E-state index in [-0.39, 0.29) is 10.8 Å². The molecular formula is C13H15N3O4S. The molecule has 7 nitrogen and oxygen atoms in total. The maximum atomic E-state index is 12.2. The van der Waals surface area contributed by atoms with E-state index in [9.17, 15) is 13.2 Å². The maximum absolute atomic E-state index is 12.2. The highest BCUT2D eigenvalue weighted by Crippen LogP contribution is 2.21. The standard InChI is InChI=1S/C13H15N3O4S/c1-7-6-10(21(14,18)19)4-5-11(7)15-13(17)12-8(2)16-20-9(12)3/h4-6H,1-3H3,(H,15,17)(H2,14,18,19). The first-order chi connectivity index (χ1) is 9.70. The van der Waals surface area contributed by atoms with Gasteiger partial charge in [-0.2, -0.15) is 0 Å². The number of benzene rings is 1. The number of hydrogen-bond acceptors (Lipinski definition) is 5. The number of nitrogens with zero attached hydrogens (tertiary/aromatic N) is 1. The molecule has 2 rings (SSSR count). The molecule has 0 saturated heterocycles. The van der Waals surface area contributed by atoms with E-state index in [1.165, 1.54) is 18.2 Å². The van der Waals surface area contributed by atoms with Crippen molar-refractivity contribution in [3.05, 3.63) is 40.8 Å². The van der Waals surface area contributed by atoms with Gasteiger partial charge in [0.05, 0.1) is 10.6 Å². The first-order valence-corrected chi connectivity index (χ1v) is 7.62. The molecule has 1 heterocycles. The molecule has 1 amide bonds. The molecule has 0 radical (unpaired) electrons. The number of primary sulfonamides is 1. The third-order valence-corrected chi connectivity index (χ3v) is 3.95. The van der Waals surface area contributed by atoms with Crippen LogP contribution in [0.2, 0.25) is 0 Å². The molecule has 112 valence electrons. The van der Waals surface area contributed by atoms with Crippen LogP contribution in [0.3, 0.4) is 0 Å². The number of hydrogen-bond donors (Lipinski definition) is 2. The van der Waals surface area contributed by atoms with E-state index in [1.54, 1.807) is 20.8 Å². The highest BCUT2D eigenvalue weighted by molar-refractivity contribution is 7.89. The summed E-state index contributed by atoms with van der Waals surface area (Å²) in [6, 6.07) is 4.23. The van der Waals surface area contributed by atoms with E-state index in [1.807, 2.05) is 0 Å². The van der Waals surface area contributed by atoms with Gasteiger partial charge in [0.2, 0.25) is 10.0 Å². The summed E-state index contributed by atoms with van der Waals surface area (Å²) in [5.74, 6) is 0.0570. The van der Waals surface area contributed by atoms with E-state index in [0.717, 1.165) is 0 Å². The molecule has 3 N–H and O–H groups in total. The van der Waals surface area contributed by atoms with Crippen molar-refractivity contribution in [2.75, 3.05) is 5.32 Å². The fraction of sp³-hybridized carbons (Fsp3) is 0.231. The van der Waals surface area contributed by atoms with Crippen LogP contribution in [0.5, 0.6) is 0 Å². The summed E-state index contributed by atoms with van der Waals surface area (Å²) < 4.78 is 27.5. The molecule has 21 heavy (non-hydrogen) atoms. The number of nitrogens with two attached hydrogens (primary N) is 1. The molecule has 0 fully saturated rings. The monoisotopic (exact) mass is 309 g/mol. The first kappa shape index (κ1) is 15.2. The van der Waals surface area contributed by atoms with Crippen molar-refractivity contribution in [1.29, 1.82) is 0 Å². The minimum atomic E-state index is -3.76. The van der Waals surface area contributed by atoms with Crippen molar-refractivity contribution in [3.63, 3.8) is 0 Å². The van der Waals surface area contributed by atoms with Gasteiger partial charge in [0, 0.05) is 5.69 Å². The molecule has 2 aromatic rings. The van der Waals surface area contributed by atoms with Gasteiger partial charge in [0.15, 0.2) is 0 Å². The largest absolute Gasteiger partial charge is 0.361 e. The Bertz CT molecular complexity index is 789. The Kier molecular flexibility index (Phi) is 3.84. The zero-order valence-electron chi connectivity index (χ0n) is 11.8. The number of sulfonamides is 1. The molecular weight excluding hydrogens is 294 g/mol. The lowest BCUT2D eigenvalue weighted by atomic mass is 10.1. The lowest BCUT2D eigenvalue weighted by molar-refractivity contribution is 0.102. The van der Waals surface area contributed by atoms with Crippen molar-refractivity contribution in [1.82, 2.24) is 5.16 Å². The first-order valence-electron chi connectivity index (χ1n) is 6.08. The fourth-order valence-electron chi connectivity index (χ4n) is 1.95. The smallest absolute Gasteiger partial charge is 0.261 e. The van der Waals surface area contributed by atoms with Gasteiger partial charge >= 0.3 is 0 Å². The number of aromatic nitrogens is 1. The van der Waals surface area contributed by atoms with Gasteiger partial charge < -0.3 is 9.84 Å². The molecule has 0 bridgehead atoms. The number of aryl methyl sites for hydroxylation is 3. The van der Waals surface area contributed by atoms with Crippen LogP contribution in [-0.2, 0) is 10.0 Å². The van der Waals surface area contributed by atoms with Gasteiger partial charge in [0.1, 0.15) is 11.3 Å². The minimum absolute atomic E-state index is 0.00432. The topological polar surface area (TPSA) is 115 Å². The fourth-order valence-corrected chi connectivity index (χ4v) is 2.54. The van der Waals surface area contributed by atoms with Gasteiger partial charge in [-0.05, 0) is 44.5 Å². The normalized spacial score (nSPS) is 11.4. The van der Waals surface area contributed by atoms with Crippen LogP contribution < -0.4 is 10.5 Å². The second-order valence-electron chi connectivity index (χ2n) is 4.68. The van der Waals surface area contributed by atoms with Gasteiger partial charge in [0.25, 0.3) is 5.91 Å². The molecule has 0 aliphatic rings. The van der Waals surface area contributed by atoms with Crippen LogP contribution in [0, 0.1) is 20.8 Å². The average molecular weight is 309 g/mol. The van der Waals surface area contributed by atoms with Crippen molar-refractivity contribution in [3.8, 4) is 0 Å². The molecule has 1 aromatic carbocycles. The van der Waals surface area contributed by atoms with Gasteiger partial charge in [-0.3, -0.25) is 4.79 Å². The predicted octanol–water partition coefficient (Wildman–Crippen LogP) is 1.50. The average Bonchev–Trinajstić information content (AvgIpc) is 2.70. The van der Waals surface area contributed by atoms with Crippen LogP contribution in [0.4, 0.5) is 5.69 Å². The second kappa shape index (κ2) is 5.30. The SMILES string of the molecule is Cc1cc(S(N)(=O)=O)ccc1NC(=O)c1c(C)noc1C. The summed E-state index contributed by atoms with van der Waals surface area (Å²) in [6.45, 7) is 4.99. The molecule has 8 heteroatoms. The lowest BCUT2D eigenvalue weighted by Crippen LogP contribution is -2.16. The number of amides is 1. The summed E-state index contributed by atoms with van der Waals surface area (Å²) >= 11 is 0. The van der Waals surface area contributed by atoms with Crippen molar-refractivity contribution in [2.45, 2.75) is 25.7 Å². The highest BCUT2D eigenvalue weighted by atomic mass is 32.2. The molecule has 0 aliphatic carbocycles. The molecule has 0 atom stereocenters. The van der Waals surface area contributed by atoms with Crippen LogP contribution in [0.1, 0.15) is 27.4 Å². The Morgan fingerprint density at radius 2 is 1.95 bits per heavy atom. The van der Waals surface area contributed by atoms with Crippen molar-refractivity contribution >= 4 is 21.6 Å². The van der Waals surface area contributed by atoms with E-state index in [2.05, 4.69) is 10.5 Å². The quantitative estimate of drug-likeness (QED) is 0.891. The van der Waals surface area contributed by atoms with E-state index < -0.39 is 10.0 Å². The zero-order chi connectivity index (χ0) is 15.8. The van der Waals surface area contributed by atoms with Gasteiger partial charge in [-0.15, -0.1) is 0 Å². The Labute approximate surface area is 122 Å². The number of carbonyl (C=O) groups is 1. The number of nitrogens with one attached hydrogen (secondary N) is 1. The highest BCUT2D eigenvalue weighted by Gasteiger charge is 2.18. The molecule has 0 unspecified atom stereocenters. The zero-order valence-corrected chi connectivity index (χ0v) is 12.6. The Balaban J connectivity index is 2.31. The van der Waals surface area contributed by atoms with Crippen LogP contribution in [-0.4, -0.2) is 19.5 Å². The Morgan fingerprint density at radius 3 is 2.43 bits per heavy atom. The third kappa shape index (κ3) is 3.11. The second-order valence-corrected chi connectivity index (χ2v) is 6.24. The minimum Gasteiger partial charge on any atom is -0.361 e. The Hall–Kier alpha value is -2.19. The number of rotatable bonds is 3. The van der Waals surface area contributed by atoms with E-state index >= 15 is 0 Å². The van der Waals surface area contributed by atoms with Crippen molar-refractivity contribution < 1.29 is 17.7 Å². The molecule has 0 saturated carbocycles. The van der Waals surface area contributed by atoms with Gasteiger partial charge in [-0.25, -0.2) is 13.6 Å². The predicted molar refractivity (Wildman–Crippen MR) is 76.5 cm³/mol. The Morgan fingerprint density at radius 1 is 1.29 bits per heavy atom. The number of carbonyl (C=O) groups excluding carboxylic acids is 1. The van der Waals surface area contributed by atoms with E-state index in [4.69, 9.17) is 9.66 Å². The summed E-state index contributed by atoms with van der Waals surface area (Å²) in [7, 11) is -3.76. The van der Waals surface area contributed by atoms with Crippen LogP contribution >= 0.6 is 0 Å². The van der Waals surface area contributed by atoms with Crippen LogP contribution in [0.25, 0.3) is 0 Å². The summed E-state index contributed by atoms with van der Waals surface area (Å²) in [4.78, 5) is 12.2.